The lowest BCUT2D eigenvalue weighted by molar-refractivity contribution is 0.394. The number of allylic oxidation sites excluding steroid dienone is 1. The zero-order valence-electron chi connectivity index (χ0n) is 17.3. The van der Waals surface area contributed by atoms with Crippen LogP contribution in [0, 0.1) is 11.2 Å². The molecule has 1 aliphatic heterocycles. The fourth-order valence-corrected chi connectivity index (χ4v) is 9.21. The minimum atomic E-state index is -0.211. The van der Waals surface area contributed by atoms with E-state index in [-0.39, 0.29) is 11.2 Å². The van der Waals surface area contributed by atoms with Crippen molar-refractivity contribution in [1.29, 1.82) is 0 Å². The maximum absolute atomic E-state index is 13.3. The first kappa shape index (κ1) is 20.1. The Bertz CT molecular complexity index is 892. The summed E-state index contributed by atoms with van der Waals surface area (Å²) < 4.78 is 15.5. The zero-order chi connectivity index (χ0) is 20.1. The maximum Gasteiger partial charge on any atom is 0.123 e. The van der Waals surface area contributed by atoms with Crippen LogP contribution in [0.15, 0.2) is 36.0 Å². The highest BCUT2D eigenvalue weighted by Crippen LogP contribution is 2.70. The standard InChI is InChI=1S/C21H23FN2S2.C2H6/c1-13-14(2)26-21(25-13)9-8-16-10-19-15(11-20(16,21)3)12-23-24(19)18-6-4-17(22)5-7-18;1-2/h4-7,10,12-14H,8-9,11H2,1-3H3;1-2H3. The van der Waals surface area contributed by atoms with Crippen molar-refractivity contribution in [2.24, 2.45) is 5.41 Å². The zero-order valence-corrected chi connectivity index (χ0v) is 19.0. The van der Waals surface area contributed by atoms with Crippen LogP contribution in [0.2, 0.25) is 0 Å². The van der Waals surface area contributed by atoms with Crippen LogP contribution in [0.1, 0.15) is 58.7 Å². The van der Waals surface area contributed by atoms with Crippen molar-refractivity contribution in [3.05, 3.63) is 53.1 Å². The van der Waals surface area contributed by atoms with Crippen LogP contribution in [0.4, 0.5) is 4.39 Å². The fraction of sp³-hybridized carbons (Fsp3) is 0.522. The van der Waals surface area contributed by atoms with Crippen LogP contribution in [0.3, 0.4) is 0 Å². The number of halogens is 1. The lowest BCUT2D eigenvalue weighted by Crippen LogP contribution is -2.38. The molecule has 2 aliphatic carbocycles. The molecule has 150 valence electrons. The molecule has 0 amide bonds. The Morgan fingerprint density at radius 1 is 1.11 bits per heavy atom. The van der Waals surface area contributed by atoms with Gasteiger partial charge < -0.3 is 0 Å². The summed E-state index contributed by atoms with van der Waals surface area (Å²) in [5, 5.41) is 6.05. The number of aromatic nitrogens is 2. The van der Waals surface area contributed by atoms with Crippen molar-refractivity contribution in [1.82, 2.24) is 9.78 Å². The molecule has 1 saturated carbocycles. The fourth-order valence-electron chi connectivity index (χ4n) is 4.79. The Balaban J connectivity index is 0.000000932. The quantitative estimate of drug-likeness (QED) is 0.513. The predicted molar refractivity (Wildman–Crippen MR) is 121 cm³/mol. The van der Waals surface area contributed by atoms with Crippen LogP contribution in [-0.4, -0.2) is 24.4 Å². The molecule has 1 aromatic carbocycles. The van der Waals surface area contributed by atoms with Crippen LogP contribution in [0.5, 0.6) is 0 Å². The molecular formula is C23H29FN2S2. The van der Waals surface area contributed by atoms with E-state index in [0.717, 1.165) is 12.1 Å². The number of rotatable bonds is 1. The molecule has 1 spiro atoms. The summed E-state index contributed by atoms with van der Waals surface area (Å²) in [6.45, 7) is 11.2. The van der Waals surface area contributed by atoms with Crippen molar-refractivity contribution in [3.8, 4) is 5.69 Å². The van der Waals surface area contributed by atoms with Crippen molar-refractivity contribution in [2.45, 2.75) is 68.5 Å². The SMILES string of the molecule is CC.CC1SC2(CCC3=Cc4c(cnn4-c4ccc(F)cc4)CC32C)SC1C. The molecule has 3 unspecified atom stereocenters. The third kappa shape index (κ3) is 2.88. The van der Waals surface area contributed by atoms with E-state index in [2.05, 4.69) is 55.5 Å². The van der Waals surface area contributed by atoms with E-state index in [1.54, 1.807) is 17.7 Å². The van der Waals surface area contributed by atoms with Gasteiger partial charge in [0.15, 0.2) is 0 Å². The predicted octanol–water partition coefficient (Wildman–Crippen LogP) is 6.73. The Morgan fingerprint density at radius 3 is 2.39 bits per heavy atom. The normalized spacial score (nSPS) is 33.1. The number of benzene rings is 1. The summed E-state index contributed by atoms with van der Waals surface area (Å²) in [6, 6.07) is 6.61. The minimum Gasteiger partial charge on any atom is -0.233 e. The number of hydrogen-bond donors (Lipinski definition) is 0. The summed E-state index contributed by atoms with van der Waals surface area (Å²) >= 11 is 4.40. The van der Waals surface area contributed by atoms with E-state index in [0.29, 0.717) is 14.6 Å². The average molecular weight is 417 g/mol. The third-order valence-electron chi connectivity index (χ3n) is 6.50. The summed E-state index contributed by atoms with van der Waals surface area (Å²) in [5.41, 5.74) is 5.18. The summed E-state index contributed by atoms with van der Waals surface area (Å²) in [4.78, 5) is 0. The Morgan fingerprint density at radius 2 is 1.75 bits per heavy atom. The second-order valence-electron chi connectivity index (χ2n) is 8.02. The van der Waals surface area contributed by atoms with E-state index in [1.807, 2.05) is 24.7 Å². The molecule has 28 heavy (non-hydrogen) atoms. The first-order valence-electron chi connectivity index (χ1n) is 10.3. The summed E-state index contributed by atoms with van der Waals surface area (Å²) in [6.07, 6.45) is 7.87. The molecule has 3 aliphatic rings. The molecule has 5 rings (SSSR count). The molecule has 5 heteroatoms. The molecule has 3 atom stereocenters. The molecule has 0 radical (unpaired) electrons. The van der Waals surface area contributed by atoms with E-state index in [1.165, 1.54) is 36.2 Å². The Hall–Kier alpha value is -1.20. The van der Waals surface area contributed by atoms with Crippen LogP contribution >= 0.6 is 23.5 Å². The molecule has 0 N–H and O–H groups in total. The number of thioether (sulfide) groups is 2. The maximum atomic E-state index is 13.3. The lowest BCUT2D eigenvalue weighted by atomic mass is 9.74. The van der Waals surface area contributed by atoms with Gasteiger partial charge in [-0.15, -0.1) is 23.5 Å². The van der Waals surface area contributed by atoms with Gasteiger partial charge in [0.25, 0.3) is 0 Å². The van der Waals surface area contributed by atoms with E-state index < -0.39 is 0 Å². The molecule has 1 saturated heterocycles. The second kappa shape index (κ2) is 7.24. The van der Waals surface area contributed by atoms with Gasteiger partial charge >= 0.3 is 0 Å². The largest absolute Gasteiger partial charge is 0.233 e. The van der Waals surface area contributed by atoms with Crippen LogP contribution in [0.25, 0.3) is 11.8 Å². The monoisotopic (exact) mass is 416 g/mol. The molecule has 2 fully saturated rings. The molecule has 2 heterocycles. The molecule has 2 nitrogen and oxygen atoms in total. The Labute approximate surface area is 176 Å². The van der Waals surface area contributed by atoms with Gasteiger partial charge in [-0.05, 0) is 55.2 Å². The molecule has 2 aromatic rings. The highest BCUT2D eigenvalue weighted by Gasteiger charge is 2.60. The van der Waals surface area contributed by atoms with E-state index >= 15 is 0 Å². The summed E-state index contributed by atoms with van der Waals surface area (Å²) in [7, 11) is 0. The summed E-state index contributed by atoms with van der Waals surface area (Å²) in [5.74, 6) is -0.211. The van der Waals surface area contributed by atoms with Crippen LogP contribution < -0.4 is 0 Å². The third-order valence-corrected chi connectivity index (χ3v) is 10.9. The van der Waals surface area contributed by atoms with Gasteiger partial charge in [0.1, 0.15) is 5.82 Å². The minimum absolute atomic E-state index is 0.199. The van der Waals surface area contributed by atoms with Crippen molar-refractivity contribution >= 4 is 29.6 Å². The number of fused-ring (bicyclic) bond motifs is 3. The topological polar surface area (TPSA) is 17.8 Å². The van der Waals surface area contributed by atoms with Gasteiger partial charge in [-0.1, -0.05) is 40.2 Å². The average Bonchev–Trinajstić information content (AvgIpc) is 3.31. The first-order valence-corrected chi connectivity index (χ1v) is 12.1. The molecule has 1 aromatic heterocycles. The number of nitrogens with zero attached hydrogens (tertiary/aromatic N) is 2. The van der Waals surface area contributed by atoms with Gasteiger partial charge in [0.05, 0.1) is 21.7 Å². The molecular weight excluding hydrogens is 387 g/mol. The Kier molecular flexibility index (Phi) is 5.20. The van der Waals surface area contributed by atoms with Gasteiger partial charge in [0.2, 0.25) is 0 Å². The van der Waals surface area contributed by atoms with Gasteiger partial charge in [-0.25, -0.2) is 9.07 Å². The molecule has 0 bridgehead atoms. The first-order chi connectivity index (χ1) is 13.4. The van der Waals surface area contributed by atoms with Gasteiger partial charge in [0, 0.05) is 15.9 Å². The van der Waals surface area contributed by atoms with Gasteiger partial charge in [-0.3, -0.25) is 0 Å². The van der Waals surface area contributed by atoms with E-state index in [9.17, 15) is 4.39 Å². The van der Waals surface area contributed by atoms with Crippen molar-refractivity contribution in [2.75, 3.05) is 0 Å². The highest BCUT2D eigenvalue weighted by atomic mass is 32.2. The smallest absolute Gasteiger partial charge is 0.123 e. The van der Waals surface area contributed by atoms with E-state index in [4.69, 9.17) is 0 Å². The number of hydrogen-bond acceptors (Lipinski definition) is 3. The van der Waals surface area contributed by atoms with Gasteiger partial charge in [-0.2, -0.15) is 5.10 Å². The van der Waals surface area contributed by atoms with Crippen molar-refractivity contribution < 1.29 is 4.39 Å². The highest BCUT2D eigenvalue weighted by molar-refractivity contribution is 8.22. The van der Waals surface area contributed by atoms with Crippen LogP contribution in [-0.2, 0) is 6.42 Å². The van der Waals surface area contributed by atoms with Crippen molar-refractivity contribution in [3.63, 3.8) is 0 Å². The second-order valence-corrected chi connectivity index (χ2v) is 11.6. The lowest BCUT2D eigenvalue weighted by Gasteiger charge is -2.42.